The van der Waals surface area contributed by atoms with Gasteiger partial charge in [0.05, 0.1) is 5.69 Å². The number of urea groups is 1. The Morgan fingerprint density at radius 1 is 0.966 bits per heavy atom. The minimum absolute atomic E-state index is 0.222. The van der Waals surface area contributed by atoms with Crippen molar-refractivity contribution in [1.29, 1.82) is 0 Å². The standard InChI is InChI=1S/C20H18Cl2N4O2S/c1-12-17(18(27)23-11-10-13-2-4-14(21)5-3-13)29-20(24-12)26-19(28)25-16-8-6-15(22)7-9-16/h2-9H,10-11H2,1H3,(H,23,27)(H2,24,25,26,28). The smallest absolute Gasteiger partial charge is 0.325 e. The molecule has 6 nitrogen and oxygen atoms in total. The molecule has 0 atom stereocenters. The van der Waals surface area contributed by atoms with Crippen LogP contribution in [0.25, 0.3) is 0 Å². The summed E-state index contributed by atoms with van der Waals surface area (Å²) in [7, 11) is 0. The van der Waals surface area contributed by atoms with Crippen LogP contribution >= 0.6 is 34.5 Å². The number of nitrogens with zero attached hydrogens (tertiary/aromatic N) is 1. The minimum atomic E-state index is -0.448. The zero-order valence-electron chi connectivity index (χ0n) is 15.5. The van der Waals surface area contributed by atoms with Crippen molar-refractivity contribution in [2.45, 2.75) is 13.3 Å². The molecule has 150 valence electrons. The predicted octanol–water partition coefficient (Wildman–Crippen LogP) is 5.37. The molecular weight excluding hydrogens is 431 g/mol. The monoisotopic (exact) mass is 448 g/mol. The molecular formula is C20H18Cl2N4O2S. The molecule has 0 aliphatic rings. The third-order valence-corrected chi connectivity index (χ3v) is 5.51. The Morgan fingerprint density at radius 3 is 2.24 bits per heavy atom. The average molecular weight is 449 g/mol. The Bertz CT molecular complexity index is 1000. The van der Waals surface area contributed by atoms with E-state index in [2.05, 4.69) is 20.9 Å². The highest BCUT2D eigenvalue weighted by atomic mass is 35.5. The number of halogens is 2. The highest BCUT2D eigenvalue weighted by Crippen LogP contribution is 2.23. The molecule has 0 unspecified atom stereocenters. The third kappa shape index (κ3) is 6.19. The lowest BCUT2D eigenvalue weighted by molar-refractivity contribution is 0.0957. The van der Waals surface area contributed by atoms with Crippen LogP contribution in [0.4, 0.5) is 15.6 Å². The van der Waals surface area contributed by atoms with Gasteiger partial charge >= 0.3 is 6.03 Å². The van der Waals surface area contributed by atoms with Crippen LogP contribution in [0.2, 0.25) is 10.0 Å². The fourth-order valence-corrected chi connectivity index (χ4v) is 3.63. The van der Waals surface area contributed by atoms with E-state index in [1.54, 1.807) is 31.2 Å². The lowest BCUT2D eigenvalue weighted by atomic mass is 10.1. The largest absolute Gasteiger partial charge is 0.351 e. The van der Waals surface area contributed by atoms with E-state index in [0.29, 0.717) is 44.4 Å². The normalized spacial score (nSPS) is 10.4. The van der Waals surface area contributed by atoms with Crippen molar-refractivity contribution in [2.75, 3.05) is 17.2 Å². The van der Waals surface area contributed by atoms with Crippen molar-refractivity contribution in [2.24, 2.45) is 0 Å². The number of thiazole rings is 1. The molecule has 0 fully saturated rings. The van der Waals surface area contributed by atoms with E-state index in [-0.39, 0.29) is 5.91 Å². The summed E-state index contributed by atoms with van der Waals surface area (Å²) in [4.78, 5) is 29.3. The molecule has 3 N–H and O–H groups in total. The molecule has 0 bridgehead atoms. The van der Waals surface area contributed by atoms with Gasteiger partial charge in [0, 0.05) is 22.3 Å². The van der Waals surface area contributed by atoms with Gasteiger partial charge < -0.3 is 10.6 Å². The average Bonchev–Trinajstić information content (AvgIpc) is 3.05. The Hall–Kier alpha value is -2.61. The number of anilines is 2. The number of hydrogen-bond acceptors (Lipinski definition) is 4. The first-order valence-electron chi connectivity index (χ1n) is 8.74. The van der Waals surface area contributed by atoms with Gasteiger partial charge in [-0.05, 0) is 55.3 Å². The summed E-state index contributed by atoms with van der Waals surface area (Å²) < 4.78 is 0. The maximum absolute atomic E-state index is 12.4. The molecule has 2 aromatic carbocycles. The number of nitrogens with one attached hydrogen (secondary N) is 3. The van der Waals surface area contributed by atoms with E-state index >= 15 is 0 Å². The maximum Gasteiger partial charge on any atom is 0.325 e. The van der Waals surface area contributed by atoms with Crippen LogP contribution in [0, 0.1) is 6.92 Å². The number of carbonyl (C=O) groups is 2. The van der Waals surface area contributed by atoms with Crippen molar-refractivity contribution in [3.05, 3.63) is 74.7 Å². The molecule has 0 radical (unpaired) electrons. The molecule has 0 saturated carbocycles. The summed E-state index contributed by atoms with van der Waals surface area (Å²) in [5, 5.41) is 9.80. The lowest BCUT2D eigenvalue weighted by Gasteiger charge is -2.05. The van der Waals surface area contributed by atoms with Crippen LogP contribution in [0.15, 0.2) is 48.5 Å². The fourth-order valence-electron chi connectivity index (χ4n) is 2.50. The number of aryl methyl sites for hydroxylation is 1. The van der Waals surface area contributed by atoms with Gasteiger partial charge in [-0.15, -0.1) is 0 Å². The van der Waals surface area contributed by atoms with E-state index in [9.17, 15) is 9.59 Å². The van der Waals surface area contributed by atoms with Crippen molar-refractivity contribution in [3.63, 3.8) is 0 Å². The quantitative estimate of drug-likeness (QED) is 0.473. The number of carbonyl (C=O) groups excluding carboxylic acids is 2. The topological polar surface area (TPSA) is 83.1 Å². The van der Waals surface area contributed by atoms with E-state index < -0.39 is 6.03 Å². The first-order valence-corrected chi connectivity index (χ1v) is 10.3. The molecule has 1 aromatic heterocycles. The summed E-state index contributed by atoms with van der Waals surface area (Å²) in [5.41, 5.74) is 2.23. The van der Waals surface area contributed by atoms with Gasteiger partial charge in [0.2, 0.25) is 0 Å². The van der Waals surface area contributed by atoms with Gasteiger partial charge in [0.1, 0.15) is 4.88 Å². The number of hydrogen-bond donors (Lipinski definition) is 3. The van der Waals surface area contributed by atoms with E-state index in [1.165, 1.54) is 0 Å². The predicted molar refractivity (Wildman–Crippen MR) is 118 cm³/mol. The van der Waals surface area contributed by atoms with Crippen molar-refractivity contribution >= 4 is 57.3 Å². The summed E-state index contributed by atoms with van der Waals surface area (Å²) in [5.74, 6) is -0.222. The Morgan fingerprint density at radius 2 is 1.59 bits per heavy atom. The molecule has 0 aliphatic carbocycles. The summed E-state index contributed by atoms with van der Waals surface area (Å²) in [6, 6.07) is 13.8. The molecule has 1 heterocycles. The highest BCUT2D eigenvalue weighted by molar-refractivity contribution is 7.17. The van der Waals surface area contributed by atoms with Gasteiger partial charge in [0.15, 0.2) is 5.13 Å². The molecule has 3 rings (SSSR count). The van der Waals surface area contributed by atoms with Gasteiger partial charge in [0.25, 0.3) is 5.91 Å². The van der Waals surface area contributed by atoms with Gasteiger partial charge in [-0.25, -0.2) is 9.78 Å². The maximum atomic E-state index is 12.4. The van der Waals surface area contributed by atoms with Crippen LogP contribution in [0.1, 0.15) is 20.9 Å². The molecule has 0 saturated heterocycles. The number of benzene rings is 2. The first kappa shape index (κ1) is 21.1. The summed E-state index contributed by atoms with van der Waals surface area (Å²) in [6.07, 6.45) is 0.690. The molecule has 3 amide bonds. The molecule has 0 spiro atoms. The molecule has 9 heteroatoms. The van der Waals surface area contributed by atoms with Gasteiger partial charge in [-0.1, -0.05) is 46.7 Å². The highest BCUT2D eigenvalue weighted by Gasteiger charge is 2.16. The summed E-state index contributed by atoms with van der Waals surface area (Å²) in [6.45, 7) is 2.21. The lowest BCUT2D eigenvalue weighted by Crippen LogP contribution is -2.25. The fraction of sp³-hybridized carbons (Fsp3) is 0.150. The van der Waals surface area contributed by atoms with E-state index in [4.69, 9.17) is 23.2 Å². The SMILES string of the molecule is Cc1nc(NC(=O)Nc2ccc(Cl)cc2)sc1C(=O)NCCc1ccc(Cl)cc1. The minimum Gasteiger partial charge on any atom is -0.351 e. The molecule has 29 heavy (non-hydrogen) atoms. The zero-order valence-corrected chi connectivity index (χ0v) is 17.8. The number of amides is 3. The van der Waals surface area contributed by atoms with Crippen LogP contribution in [0.3, 0.4) is 0 Å². The second-order valence-electron chi connectivity index (χ2n) is 6.15. The molecule has 3 aromatic rings. The van der Waals surface area contributed by atoms with Gasteiger partial charge in [-0.2, -0.15) is 0 Å². The number of aromatic nitrogens is 1. The summed E-state index contributed by atoms with van der Waals surface area (Å²) >= 11 is 12.8. The van der Waals surface area contributed by atoms with E-state index in [1.807, 2.05) is 24.3 Å². The van der Waals surface area contributed by atoms with Crippen LogP contribution in [0.5, 0.6) is 0 Å². The van der Waals surface area contributed by atoms with Crippen molar-refractivity contribution in [3.8, 4) is 0 Å². The number of rotatable bonds is 6. The Labute approximate surface area is 182 Å². The van der Waals surface area contributed by atoms with Crippen molar-refractivity contribution in [1.82, 2.24) is 10.3 Å². The van der Waals surface area contributed by atoms with Crippen LogP contribution < -0.4 is 16.0 Å². The second-order valence-corrected chi connectivity index (χ2v) is 8.02. The Balaban J connectivity index is 1.53. The van der Waals surface area contributed by atoms with Crippen LogP contribution in [-0.2, 0) is 6.42 Å². The van der Waals surface area contributed by atoms with Crippen molar-refractivity contribution < 1.29 is 9.59 Å². The third-order valence-electron chi connectivity index (χ3n) is 3.94. The van der Waals surface area contributed by atoms with Gasteiger partial charge in [-0.3, -0.25) is 10.1 Å². The Kier molecular flexibility index (Phi) is 7.09. The second kappa shape index (κ2) is 9.73. The first-order chi connectivity index (χ1) is 13.9. The molecule has 0 aliphatic heterocycles. The zero-order chi connectivity index (χ0) is 20.8. The van der Waals surface area contributed by atoms with E-state index in [0.717, 1.165) is 16.9 Å². The van der Waals surface area contributed by atoms with Crippen LogP contribution in [-0.4, -0.2) is 23.5 Å².